The van der Waals surface area contributed by atoms with E-state index in [2.05, 4.69) is 15.1 Å². The summed E-state index contributed by atoms with van der Waals surface area (Å²) in [5.74, 6) is -1.01. The number of nitrogens with zero attached hydrogens (tertiary/aromatic N) is 4. The third kappa shape index (κ3) is 3.88. The Morgan fingerprint density at radius 1 is 0.968 bits per heavy atom. The van der Waals surface area contributed by atoms with Crippen LogP contribution in [0.3, 0.4) is 0 Å². The van der Waals surface area contributed by atoms with Crippen LogP contribution < -0.4 is 5.01 Å². The SMILES string of the molecule is O[C@@]1(C(F)(F)F)CC(c2ccccc2)=NN1c1nc(-c2cccs2)cc(C(F)(F)F)n1. The largest absolute Gasteiger partial charge is 0.438 e. The summed E-state index contributed by atoms with van der Waals surface area (Å²) in [6, 6.07) is 11.4. The van der Waals surface area contributed by atoms with Crippen LogP contribution in [-0.4, -0.2) is 32.7 Å². The molecule has 2 aromatic heterocycles. The topological polar surface area (TPSA) is 61.6 Å². The zero-order chi connectivity index (χ0) is 22.4. The molecule has 3 heterocycles. The van der Waals surface area contributed by atoms with Gasteiger partial charge in [0.2, 0.25) is 5.95 Å². The van der Waals surface area contributed by atoms with Crippen LogP contribution >= 0.6 is 11.3 Å². The fourth-order valence-corrected chi connectivity index (χ4v) is 3.68. The van der Waals surface area contributed by atoms with Crippen LogP contribution in [-0.2, 0) is 6.18 Å². The summed E-state index contributed by atoms with van der Waals surface area (Å²) in [5, 5.41) is 15.9. The molecule has 0 saturated carbocycles. The number of aromatic nitrogens is 2. The van der Waals surface area contributed by atoms with Crippen LogP contribution in [0.2, 0.25) is 0 Å². The van der Waals surface area contributed by atoms with Gasteiger partial charge in [0.15, 0.2) is 5.69 Å². The summed E-state index contributed by atoms with van der Waals surface area (Å²) in [7, 11) is 0. The molecule has 0 aliphatic carbocycles. The van der Waals surface area contributed by atoms with E-state index in [9.17, 15) is 31.4 Å². The van der Waals surface area contributed by atoms with Crippen molar-refractivity contribution >= 4 is 23.0 Å². The minimum absolute atomic E-state index is 0.0156. The minimum Gasteiger partial charge on any atom is -0.362 e. The van der Waals surface area contributed by atoms with Crippen LogP contribution in [0.25, 0.3) is 10.6 Å². The summed E-state index contributed by atoms with van der Waals surface area (Å²) in [6.45, 7) is 0. The number of hydrazone groups is 1. The second-order valence-electron chi connectivity index (χ2n) is 6.63. The first-order valence-electron chi connectivity index (χ1n) is 8.71. The number of hydrogen-bond acceptors (Lipinski definition) is 6. The molecule has 31 heavy (non-hydrogen) atoms. The number of thiophene rings is 1. The average Bonchev–Trinajstić information content (AvgIpc) is 3.36. The zero-order valence-corrected chi connectivity index (χ0v) is 16.1. The highest BCUT2D eigenvalue weighted by molar-refractivity contribution is 7.13. The van der Waals surface area contributed by atoms with Gasteiger partial charge in [-0.2, -0.15) is 36.5 Å². The molecule has 1 aliphatic rings. The highest BCUT2D eigenvalue weighted by atomic mass is 32.1. The first kappa shape index (κ1) is 21.2. The van der Waals surface area contributed by atoms with Crippen LogP contribution in [0.4, 0.5) is 32.3 Å². The Bertz CT molecular complexity index is 1110. The van der Waals surface area contributed by atoms with Crippen molar-refractivity contribution in [2.75, 3.05) is 5.01 Å². The maximum atomic E-state index is 13.8. The Labute approximate surface area is 175 Å². The van der Waals surface area contributed by atoms with Crippen LogP contribution in [0.1, 0.15) is 17.7 Å². The monoisotopic (exact) mass is 458 g/mol. The second-order valence-corrected chi connectivity index (χ2v) is 7.58. The van der Waals surface area contributed by atoms with E-state index in [-0.39, 0.29) is 26.9 Å². The van der Waals surface area contributed by atoms with Gasteiger partial charge < -0.3 is 5.11 Å². The molecule has 0 saturated heterocycles. The molecule has 0 fully saturated rings. The van der Waals surface area contributed by atoms with Gasteiger partial charge in [-0.1, -0.05) is 36.4 Å². The number of hydrogen-bond donors (Lipinski definition) is 1. The van der Waals surface area contributed by atoms with Crippen molar-refractivity contribution in [2.24, 2.45) is 5.10 Å². The summed E-state index contributed by atoms with van der Waals surface area (Å²) in [6.07, 6.45) is -11.2. The minimum atomic E-state index is -5.26. The molecule has 0 bridgehead atoms. The number of rotatable bonds is 3. The van der Waals surface area contributed by atoms with Crippen molar-refractivity contribution in [1.82, 2.24) is 9.97 Å². The van der Waals surface area contributed by atoms with Crippen molar-refractivity contribution in [3.05, 3.63) is 65.2 Å². The molecule has 162 valence electrons. The van der Waals surface area contributed by atoms with Gasteiger partial charge in [-0.15, -0.1) is 11.3 Å². The molecule has 1 aromatic carbocycles. The fraction of sp³-hybridized carbons (Fsp3) is 0.211. The summed E-state index contributed by atoms with van der Waals surface area (Å²) in [4.78, 5) is 7.42. The van der Waals surface area contributed by atoms with Gasteiger partial charge in [-0.3, -0.25) is 0 Å². The Hall–Kier alpha value is -2.99. The predicted molar refractivity (Wildman–Crippen MR) is 101 cm³/mol. The highest BCUT2D eigenvalue weighted by Gasteiger charge is 2.63. The molecule has 1 N–H and O–H groups in total. The molecule has 0 amide bonds. The lowest BCUT2D eigenvalue weighted by Crippen LogP contribution is -2.55. The number of anilines is 1. The van der Waals surface area contributed by atoms with Crippen LogP contribution in [0.15, 0.2) is 59.0 Å². The van der Waals surface area contributed by atoms with Crippen molar-refractivity contribution in [1.29, 1.82) is 0 Å². The van der Waals surface area contributed by atoms with Gasteiger partial charge in [0, 0.05) is 0 Å². The van der Waals surface area contributed by atoms with E-state index in [1.165, 1.54) is 18.2 Å². The van der Waals surface area contributed by atoms with Crippen molar-refractivity contribution in [2.45, 2.75) is 24.5 Å². The van der Waals surface area contributed by atoms with E-state index >= 15 is 0 Å². The first-order valence-corrected chi connectivity index (χ1v) is 9.59. The molecule has 5 nitrogen and oxygen atoms in total. The van der Waals surface area contributed by atoms with E-state index in [4.69, 9.17) is 0 Å². The number of benzene rings is 1. The van der Waals surface area contributed by atoms with E-state index < -0.39 is 36.1 Å². The van der Waals surface area contributed by atoms with Gasteiger partial charge >= 0.3 is 12.4 Å². The van der Waals surface area contributed by atoms with Gasteiger partial charge in [0.05, 0.1) is 22.7 Å². The maximum absolute atomic E-state index is 13.8. The highest BCUT2D eigenvalue weighted by Crippen LogP contribution is 2.44. The molecule has 1 aliphatic heterocycles. The Balaban J connectivity index is 1.90. The number of aliphatic hydroxyl groups is 1. The van der Waals surface area contributed by atoms with Gasteiger partial charge in [-0.25, -0.2) is 9.97 Å². The van der Waals surface area contributed by atoms with Crippen molar-refractivity contribution in [3.63, 3.8) is 0 Å². The molecule has 3 aromatic rings. The average molecular weight is 458 g/mol. The maximum Gasteiger partial charge on any atom is 0.438 e. The van der Waals surface area contributed by atoms with Gasteiger partial charge in [0.25, 0.3) is 5.72 Å². The molecule has 0 radical (unpaired) electrons. The summed E-state index contributed by atoms with van der Waals surface area (Å²) < 4.78 is 81.8. The smallest absolute Gasteiger partial charge is 0.362 e. The first-order chi connectivity index (χ1) is 14.5. The third-order valence-electron chi connectivity index (χ3n) is 4.51. The van der Waals surface area contributed by atoms with E-state index in [1.54, 1.807) is 29.6 Å². The lowest BCUT2D eigenvalue weighted by atomic mass is 10.0. The Kier molecular flexibility index (Phi) is 5.01. The summed E-state index contributed by atoms with van der Waals surface area (Å²) in [5.41, 5.74) is -5.19. The number of halogens is 6. The molecular weight excluding hydrogens is 446 g/mol. The van der Waals surface area contributed by atoms with Gasteiger partial charge in [0.1, 0.15) is 0 Å². The number of alkyl halides is 6. The van der Waals surface area contributed by atoms with Crippen LogP contribution in [0.5, 0.6) is 0 Å². The van der Waals surface area contributed by atoms with E-state index in [0.717, 1.165) is 11.3 Å². The third-order valence-corrected chi connectivity index (χ3v) is 5.41. The lowest BCUT2D eigenvalue weighted by Gasteiger charge is -2.32. The normalized spacial score (nSPS) is 19.6. The zero-order valence-electron chi connectivity index (χ0n) is 15.3. The van der Waals surface area contributed by atoms with Crippen molar-refractivity contribution in [3.8, 4) is 10.6 Å². The molecule has 12 heteroatoms. The predicted octanol–water partition coefficient (Wildman–Crippen LogP) is 5.09. The molecule has 1 atom stereocenters. The lowest BCUT2D eigenvalue weighted by molar-refractivity contribution is -0.254. The summed E-state index contributed by atoms with van der Waals surface area (Å²) >= 11 is 1.05. The second kappa shape index (κ2) is 7.31. The molecule has 4 rings (SSSR count). The standard InChI is InChI=1S/C19H12F6N4OS/c20-18(21,22)15-9-12(14-7-4-8-31-14)26-16(27-15)29-17(30,19(23,24)25)10-13(28-29)11-5-2-1-3-6-11/h1-9,30H,10H2/t17-/m1/s1. The molecular formula is C19H12F6N4OS. The van der Waals surface area contributed by atoms with Gasteiger partial charge in [-0.05, 0) is 23.1 Å². The van der Waals surface area contributed by atoms with E-state index in [1.807, 2.05) is 0 Å². The quantitative estimate of drug-likeness (QED) is 0.556. The van der Waals surface area contributed by atoms with Crippen molar-refractivity contribution < 1.29 is 31.4 Å². The Morgan fingerprint density at radius 2 is 1.68 bits per heavy atom. The Morgan fingerprint density at radius 3 is 2.26 bits per heavy atom. The van der Waals surface area contributed by atoms with Crippen LogP contribution in [0, 0.1) is 0 Å². The molecule has 0 unspecified atom stereocenters. The fourth-order valence-electron chi connectivity index (χ4n) is 2.99. The molecule has 0 spiro atoms. The van der Waals surface area contributed by atoms with E-state index in [0.29, 0.717) is 6.07 Å².